The number of rotatable bonds is 9. The number of aliphatic hydroxyl groups excluding tert-OH is 1. The minimum absolute atomic E-state index is 0.180. The van der Waals surface area contributed by atoms with Gasteiger partial charge >= 0.3 is 0 Å². The molecule has 0 atom stereocenters. The summed E-state index contributed by atoms with van der Waals surface area (Å²) in [6, 6.07) is 53.0. The minimum atomic E-state index is -0.777. The van der Waals surface area contributed by atoms with Gasteiger partial charge in [0.1, 0.15) is 11.2 Å². The van der Waals surface area contributed by atoms with Gasteiger partial charge in [0.25, 0.3) is 0 Å². The van der Waals surface area contributed by atoms with E-state index in [-0.39, 0.29) is 6.61 Å². The molecule has 0 aliphatic carbocycles. The predicted octanol–water partition coefficient (Wildman–Crippen LogP) is 9.77. The lowest BCUT2D eigenvalue weighted by Crippen LogP contribution is -2.38. The molecule has 0 unspecified atom stereocenters. The number of hydrogen-bond acceptors (Lipinski definition) is 3. The number of nitrogens with zero attached hydrogens (tertiary/aromatic N) is 3. The normalized spacial score (nSPS) is 11.8. The van der Waals surface area contributed by atoms with Gasteiger partial charge in [0.2, 0.25) is 0 Å². The number of imidazole rings is 1. The minimum Gasteiger partial charge on any atom is -0.396 e. The van der Waals surface area contributed by atoms with Crippen molar-refractivity contribution in [3.8, 4) is 22.6 Å². The lowest BCUT2D eigenvalue weighted by Gasteiger charge is -2.37. The van der Waals surface area contributed by atoms with Gasteiger partial charge in [0.05, 0.1) is 16.6 Å². The van der Waals surface area contributed by atoms with Gasteiger partial charge in [-0.15, -0.1) is 0 Å². The third-order valence-electron chi connectivity index (χ3n) is 9.13. The van der Waals surface area contributed by atoms with Crippen molar-refractivity contribution >= 4 is 37.9 Å². The molecule has 0 spiro atoms. The Morgan fingerprint density at radius 1 is 0.688 bits per heavy atom. The summed E-state index contributed by atoms with van der Waals surface area (Å²) in [4.78, 5) is 8.89. The van der Waals surface area contributed by atoms with Gasteiger partial charge in [0.15, 0.2) is 5.82 Å². The molecule has 0 bridgehead atoms. The maximum atomic E-state index is 9.38. The molecule has 6 heteroatoms. The average molecular weight is 690 g/mol. The molecule has 0 aliphatic heterocycles. The van der Waals surface area contributed by atoms with Crippen LogP contribution in [0.25, 0.3) is 44.6 Å². The van der Waals surface area contributed by atoms with Crippen LogP contribution in [0.1, 0.15) is 28.7 Å². The first-order valence-corrected chi connectivity index (χ1v) is 17.0. The summed E-state index contributed by atoms with van der Waals surface area (Å²) >= 11 is 3.75. The molecule has 48 heavy (non-hydrogen) atoms. The Morgan fingerprint density at radius 3 is 1.98 bits per heavy atom. The highest BCUT2D eigenvalue weighted by Crippen LogP contribution is 2.44. The Hall–Kier alpha value is -5.30. The number of hydrogen-bond donors (Lipinski definition) is 2. The van der Waals surface area contributed by atoms with Gasteiger partial charge in [-0.3, -0.25) is 0 Å². The van der Waals surface area contributed by atoms with Crippen LogP contribution in [-0.2, 0) is 12.0 Å². The van der Waals surface area contributed by atoms with E-state index in [0.29, 0.717) is 5.82 Å². The van der Waals surface area contributed by atoms with E-state index in [0.717, 1.165) is 72.8 Å². The van der Waals surface area contributed by atoms with Crippen molar-refractivity contribution in [3.05, 3.63) is 178 Å². The van der Waals surface area contributed by atoms with E-state index in [1.807, 2.05) is 0 Å². The number of benzene rings is 6. The number of para-hydroxylation sites is 1. The van der Waals surface area contributed by atoms with Gasteiger partial charge in [-0.1, -0.05) is 143 Å². The second kappa shape index (κ2) is 12.7. The van der Waals surface area contributed by atoms with Crippen molar-refractivity contribution in [2.24, 2.45) is 0 Å². The number of halogens is 1. The van der Waals surface area contributed by atoms with Gasteiger partial charge < -0.3 is 10.1 Å². The molecule has 0 fully saturated rings. The van der Waals surface area contributed by atoms with Crippen molar-refractivity contribution in [2.75, 3.05) is 6.61 Å². The van der Waals surface area contributed by atoms with Gasteiger partial charge in [-0.25, -0.2) is 9.67 Å². The molecule has 5 nitrogen and oxygen atoms in total. The highest BCUT2D eigenvalue weighted by Gasteiger charge is 2.41. The first kappa shape index (κ1) is 30.1. The molecule has 0 aliphatic rings. The fourth-order valence-electron chi connectivity index (χ4n) is 6.98. The van der Waals surface area contributed by atoms with Crippen molar-refractivity contribution < 1.29 is 5.11 Å². The second-order valence-electron chi connectivity index (χ2n) is 12.0. The standard InChI is InChI=1S/C42H33BrN4O/c43-34-24-25-38-36(28-34)40(41-44-37-23-11-22-35(39(37)45-41)30-15-10-13-29(27-30)14-12-26-48)46-47(38)42(31-16-4-1-5-17-31,32-18-6-2-7-19-32)33-20-8-3-9-21-33/h1-11,13,15-25,27-28,48H,12,14,26H2,(H,44,45). The summed E-state index contributed by atoms with van der Waals surface area (Å²) in [5.74, 6) is 0.707. The Bertz CT molecular complexity index is 2250. The summed E-state index contributed by atoms with van der Waals surface area (Å²) in [5.41, 5.74) is 9.49. The number of nitrogens with one attached hydrogen (secondary N) is 1. The van der Waals surface area contributed by atoms with E-state index in [9.17, 15) is 5.11 Å². The summed E-state index contributed by atoms with van der Waals surface area (Å²) in [6.45, 7) is 0.180. The van der Waals surface area contributed by atoms with Crippen LogP contribution >= 0.6 is 15.9 Å². The monoisotopic (exact) mass is 688 g/mol. The smallest absolute Gasteiger partial charge is 0.159 e. The van der Waals surface area contributed by atoms with Crippen molar-refractivity contribution in [3.63, 3.8) is 0 Å². The van der Waals surface area contributed by atoms with E-state index in [2.05, 4.69) is 177 Å². The zero-order chi connectivity index (χ0) is 32.5. The van der Waals surface area contributed by atoms with Crippen molar-refractivity contribution in [1.82, 2.24) is 19.7 Å². The van der Waals surface area contributed by atoms with Gasteiger partial charge in [0, 0.05) is 22.0 Å². The number of aliphatic hydroxyl groups is 1. The molecule has 234 valence electrons. The third kappa shape index (κ3) is 5.14. The maximum Gasteiger partial charge on any atom is 0.159 e. The third-order valence-corrected chi connectivity index (χ3v) is 9.63. The number of aromatic nitrogens is 4. The molecule has 0 saturated heterocycles. The molecule has 6 aromatic carbocycles. The summed E-state index contributed by atoms with van der Waals surface area (Å²) in [7, 11) is 0. The summed E-state index contributed by atoms with van der Waals surface area (Å²) < 4.78 is 3.15. The quantitative estimate of drug-likeness (QED) is 0.148. The number of fused-ring (bicyclic) bond motifs is 2. The van der Waals surface area contributed by atoms with Crippen LogP contribution in [0.5, 0.6) is 0 Å². The van der Waals surface area contributed by atoms with E-state index in [1.54, 1.807) is 0 Å². The van der Waals surface area contributed by atoms with Crippen LogP contribution in [0.15, 0.2) is 156 Å². The average Bonchev–Trinajstić information content (AvgIpc) is 3.74. The molecular formula is C42H33BrN4O. The molecule has 0 radical (unpaired) electrons. The number of aryl methyl sites for hydroxylation is 1. The number of H-pyrrole nitrogens is 1. The molecule has 2 heterocycles. The number of aromatic amines is 1. The Labute approximate surface area is 287 Å². The molecule has 8 aromatic rings. The van der Waals surface area contributed by atoms with Crippen LogP contribution in [0.2, 0.25) is 0 Å². The maximum absolute atomic E-state index is 9.38. The molecular weight excluding hydrogens is 656 g/mol. The Balaban J connectivity index is 1.39. The van der Waals surface area contributed by atoms with Crippen LogP contribution in [0.3, 0.4) is 0 Å². The largest absolute Gasteiger partial charge is 0.396 e. The summed E-state index contributed by atoms with van der Waals surface area (Å²) in [5, 5.41) is 15.9. The molecule has 2 aromatic heterocycles. The molecule has 0 amide bonds. The zero-order valence-electron chi connectivity index (χ0n) is 26.2. The van der Waals surface area contributed by atoms with E-state index in [4.69, 9.17) is 10.1 Å². The van der Waals surface area contributed by atoms with Crippen LogP contribution in [-0.4, -0.2) is 31.5 Å². The van der Waals surface area contributed by atoms with Gasteiger partial charge in [-0.2, -0.15) is 5.10 Å². The Morgan fingerprint density at radius 2 is 1.33 bits per heavy atom. The first-order chi connectivity index (χ1) is 23.7. The molecule has 0 saturated carbocycles. The van der Waals surface area contributed by atoms with Crippen LogP contribution in [0, 0.1) is 0 Å². The fourth-order valence-corrected chi connectivity index (χ4v) is 7.34. The van der Waals surface area contributed by atoms with E-state index < -0.39 is 5.54 Å². The van der Waals surface area contributed by atoms with Gasteiger partial charge in [-0.05, 0) is 64.9 Å². The zero-order valence-corrected chi connectivity index (χ0v) is 27.8. The lowest BCUT2D eigenvalue weighted by molar-refractivity contribution is 0.288. The molecule has 8 rings (SSSR count). The second-order valence-corrected chi connectivity index (χ2v) is 13.0. The van der Waals surface area contributed by atoms with Crippen LogP contribution < -0.4 is 0 Å². The first-order valence-electron chi connectivity index (χ1n) is 16.2. The lowest BCUT2D eigenvalue weighted by atomic mass is 9.77. The van der Waals surface area contributed by atoms with Crippen molar-refractivity contribution in [2.45, 2.75) is 18.4 Å². The van der Waals surface area contributed by atoms with E-state index in [1.165, 1.54) is 5.56 Å². The fraction of sp³-hybridized carbons (Fsp3) is 0.0952. The predicted molar refractivity (Wildman–Crippen MR) is 198 cm³/mol. The van der Waals surface area contributed by atoms with E-state index >= 15 is 0 Å². The SMILES string of the molecule is OCCCc1cccc(-c2cccc3[nH]c(-c4nn(C(c5ccccc5)(c5ccccc5)c5ccccc5)c5ccc(Br)cc45)nc23)c1. The topological polar surface area (TPSA) is 66.7 Å². The molecule has 2 N–H and O–H groups in total. The highest BCUT2D eigenvalue weighted by atomic mass is 79.9. The highest BCUT2D eigenvalue weighted by molar-refractivity contribution is 9.10. The Kier molecular flexibility index (Phi) is 7.96. The van der Waals surface area contributed by atoms with Crippen molar-refractivity contribution in [1.29, 1.82) is 0 Å². The summed E-state index contributed by atoms with van der Waals surface area (Å²) in [6.07, 6.45) is 1.57. The van der Waals surface area contributed by atoms with Crippen LogP contribution in [0.4, 0.5) is 0 Å².